The summed E-state index contributed by atoms with van der Waals surface area (Å²) in [5.74, 6) is 1.06. The number of rotatable bonds is 5. The van der Waals surface area contributed by atoms with E-state index in [1.54, 1.807) is 23.6 Å². The van der Waals surface area contributed by atoms with Gasteiger partial charge in [-0.05, 0) is 37.8 Å². The third-order valence-corrected chi connectivity index (χ3v) is 5.75. The van der Waals surface area contributed by atoms with Crippen molar-refractivity contribution >= 4 is 34.0 Å². The molecular formula is C19H18ClN3O2S. The summed E-state index contributed by atoms with van der Waals surface area (Å²) >= 11 is 7.76. The number of nitrogens with zero attached hydrogens (tertiary/aromatic N) is 2. The Labute approximate surface area is 160 Å². The molecular weight excluding hydrogens is 370 g/mol. The van der Waals surface area contributed by atoms with Gasteiger partial charge in [0.1, 0.15) is 0 Å². The molecule has 0 saturated heterocycles. The van der Waals surface area contributed by atoms with E-state index < -0.39 is 0 Å². The number of benzene rings is 1. The molecule has 2 heterocycles. The zero-order valence-corrected chi connectivity index (χ0v) is 15.7. The Kier molecular flexibility index (Phi) is 5.04. The first-order valence-electron chi connectivity index (χ1n) is 8.67. The molecule has 0 spiro atoms. The SMILES string of the molecule is O=C(CCc1ncc(-c2ccccc2Cl)o1)Nc1nc2c(s1)CCCC2. The van der Waals surface area contributed by atoms with E-state index in [0.29, 0.717) is 34.6 Å². The Morgan fingerprint density at radius 1 is 1.27 bits per heavy atom. The van der Waals surface area contributed by atoms with Crippen LogP contribution in [0.5, 0.6) is 0 Å². The average Bonchev–Trinajstić information content (AvgIpc) is 3.26. The van der Waals surface area contributed by atoms with Gasteiger partial charge in [-0.2, -0.15) is 0 Å². The first kappa shape index (κ1) is 17.2. The first-order valence-corrected chi connectivity index (χ1v) is 9.86. The van der Waals surface area contributed by atoms with Gasteiger partial charge in [-0.1, -0.05) is 23.7 Å². The fraction of sp³-hybridized carbons (Fsp3) is 0.316. The summed E-state index contributed by atoms with van der Waals surface area (Å²) in [5, 5.41) is 4.21. The largest absolute Gasteiger partial charge is 0.441 e. The number of hydrogen-bond donors (Lipinski definition) is 1. The van der Waals surface area contributed by atoms with Gasteiger partial charge in [-0.15, -0.1) is 11.3 Å². The number of anilines is 1. The van der Waals surface area contributed by atoms with Crippen molar-refractivity contribution in [2.45, 2.75) is 38.5 Å². The van der Waals surface area contributed by atoms with Crippen molar-refractivity contribution in [1.82, 2.24) is 9.97 Å². The number of aromatic nitrogens is 2. The van der Waals surface area contributed by atoms with Crippen LogP contribution in [0.2, 0.25) is 5.02 Å². The third kappa shape index (κ3) is 3.81. The lowest BCUT2D eigenvalue weighted by molar-refractivity contribution is -0.116. The Hall–Kier alpha value is -2.18. The van der Waals surface area contributed by atoms with Crippen LogP contribution in [0.25, 0.3) is 11.3 Å². The van der Waals surface area contributed by atoms with Crippen molar-refractivity contribution in [3.8, 4) is 11.3 Å². The zero-order valence-electron chi connectivity index (χ0n) is 14.1. The van der Waals surface area contributed by atoms with Gasteiger partial charge in [0.05, 0.1) is 16.9 Å². The number of fused-ring (bicyclic) bond motifs is 1. The predicted octanol–water partition coefficient (Wildman–Crippen LogP) is 4.90. The lowest BCUT2D eigenvalue weighted by Crippen LogP contribution is -2.12. The van der Waals surface area contributed by atoms with Gasteiger partial charge in [0.2, 0.25) is 5.91 Å². The summed E-state index contributed by atoms with van der Waals surface area (Å²) in [5.41, 5.74) is 1.94. The van der Waals surface area contributed by atoms with Crippen molar-refractivity contribution < 1.29 is 9.21 Å². The van der Waals surface area contributed by atoms with Crippen LogP contribution in [0.15, 0.2) is 34.9 Å². The number of carbonyl (C=O) groups excluding carboxylic acids is 1. The Bertz CT molecular complexity index is 911. The van der Waals surface area contributed by atoms with Gasteiger partial charge in [0, 0.05) is 23.3 Å². The summed E-state index contributed by atoms with van der Waals surface area (Å²) in [4.78, 5) is 22.3. The number of nitrogens with one attached hydrogen (secondary N) is 1. The van der Waals surface area contributed by atoms with Gasteiger partial charge in [0.15, 0.2) is 16.8 Å². The molecule has 2 aromatic heterocycles. The Morgan fingerprint density at radius 2 is 2.12 bits per heavy atom. The highest BCUT2D eigenvalue weighted by molar-refractivity contribution is 7.15. The second-order valence-electron chi connectivity index (χ2n) is 6.24. The van der Waals surface area contributed by atoms with E-state index in [1.165, 1.54) is 17.7 Å². The van der Waals surface area contributed by atoms with Crippen molar-refractivity contribution in [2.24, 2.45) is 0 Å². The van der Waals surface area contributed by atoms with E-state index in [2.05, 4.69) is 15.3 Å². The molecule has 0 fully saturated rings. The molecule has 0 saturated carbocycles. The second kappa shape index (κ2) is 7.60. The van der Waals surface area contributed by atoms with Crippen LogP contribution >= 0.6 is 22.9 Å². The number of thiazole rings is 1. The minimum absolute atomic E-state index is 0.0754. The maximum Gasteiger partial charge on any atom is 0.226 e. The number of oxazole rings is 1. The van der Waals surface area contributed by atoms with E-state index in [9.17, 15) is 4.79 Å². The van der Waals surface area contributed by atoms with Gasteiger partial charge in [0.25, 0.3) is 0 Å². The number of hydrogen-bond acceptors (Lipinski definition) is 5. The van der Waals surface area contributed by atoms with Crippen molar-refractivity contribution in [2.75, 3.05) is 5.32 Å². The highest BCUT2D eigenvalue weighted by atomic mass is 35.5. The van der Waals surface area contributed by atoms with Crippen LogP contribution in [0.4, 0.5) is 5.13 Å². The van der Waals surface area contributed by atoms with Crippen molar-refractivity contribution in [1.29, 1.82) is 0 Å². The van der Waals surface area contributed by atoms with E-state index >= 15 is 0 Å². The normalized spacial score (nSPS) is 13.4. The van der Waals surface area contributed by atoms with E-state index in [0.717, 1.165) is 24.1 Å². The second-order valence-corrected chi connectivity index (χ2v) is 7.73. The number of carbonyl (C=O) groups is 1. The van der Waals surface area contributed by atoms with Gasteiger partial charge < -0.3 is 9.73 Å². The highest BCUT2D eigenvalue weighted by Gasteiger charge is 2.17. The molecule has 3 aromatic rings. The molecule has 7 heteroatoms. The third-order valence-electron chi connectivity index (χ3n) is 4.35. The fourth-order valence-electron chi connectivity index (χ4n) is 3.02. The van der Waals surface area contributed by atoms with Crippen molar-refractivity contribution in [3.63, 3.8) is 0 Å². The molecule has 1 aliphatic carbocycles. The molecule has 5 nitrogen and oxygen atoms in total. The Morgan fingerprint density at radius 3 is 2.96 bits per heavy atom. The first-order chi connectivity index (χ1) is 12.7. The molecule has 0 unspecified atom stereocenters. The number of aryl methyl sites for hydroxylation is 3. The summed E-state index contributed by atoms with van der Waals surface area (Å²) < 4.78 is 5.73. The quantitative estimate of drug-likeness (QED) is 0.675. The predicted molar refractivity (Wildman–Crippen MR) is 103 cm³/mol. The monoisotopic (exact) mass is 387 g/mol. The topological polar surface area (TPSA) is 68.0 Å². The average molecular weight is 388 g/mol. The van der Waals surface area contributed by atoms with Crippen molar-refractivity contribution in [3.05, 3.63) is 51.9 Å². The molecule has 0 bridgehead atoms. The van der Waals surface area contributed by atoms with E-state index in [4.69, 9.17) is 16.0 Å². The molecule has 1 aliphatic rings. The molecule has 0 radical (unpaired) electrons. The smallest absolute Gasteiger partial charge is 0.226 e. The van der Waals surface area contributed by atoms with Crippen LogP contribution in [-0.2, 0) is 24.1 Å². The molecule has 1 amide bonds. The molecule has 4 rings (SSSR count). The molecule has 134 valence electrons. The van der Waals surface area contributed by atoms with Crippen LogP contribution in [0.1, 0.15) is 35.7 Å². The van der Waals surface area contributed by atoms with Crippen LogP contribution in [0, 0.1) is 0 Å². The molecule has 0 atom stereocenters. The standard InChI is InChI=1S/C19H18ClN3O2S/c20-13-6-2-1-5-12(13)15-11-21-18(25-15)10-9-17(24)23-19-22-14-7-3-4-8-16(14)26-19/h1-2,5-6,11H,3-4,7-10H2,(H,22,23,24). The fourth-order valence-corrected chi connectivity index (χ4v) is 4.31. The molecule has 26 heavy (non-hydrogen) atoms. The van der Waals surface area contributed by atoms with E-state index in [-0.39, 0.29) is 5.91 Å². The summed E-state index contributed by atoms with van der Waals surface area (Å²) in [6, 6.07) is 7.44. The maximum atomic E-state index is 12.2. The summed E-state index contributed by atoms with van der Waals surface area (Å²) in [6.07, 6.45) is 6.85. The van der Waals surface area contributed by atoms with Gasteiger partial charge in [-0.3, -0.25) is 4.79 Å². The number of halogens is 1. The molecule has 1 aromatic carbocycles. The van der Waals surface area contributed by atoms with Gasteiger partial charge >= 0.3 is 0 Å². The Balaban J connectivity index is 1.35. The maximum absolute atomic E-state index is 12.2. The number of amides is 1. The van der Waals surface area contributed by atoms with Crippen LogP contribution < -0.4 is 5.32 Å². The minimum atomic E-state index is -0.0754. The lowest BCUT2D eigenvalue weighted by Gasteiger charge is -2.06. The zero-order chi connectivity index (χ0) is 17.9. The molecule has 0 aliphatic heterocycles. The van der Waals surface area contributed by atoms with Crippen LogP contribution in [-0.4, -0.2) is 15.9 Å². The summed E-state index contributed by atoms with van der Waals surface area (Å²) in [7, 11) is 0. The van der Waals surface area contributed by atoms with Crippen LogP contribution in [0.3, 0.4) is 0 Å². The van der Waals surface area contributed by atoms with E-state index in [1.807, 2.05) is 18.2 Å². The minimum Gasteiger partial charge on any atom is -0.441 e. The summed E-state index contributed by atoms with van der Waals surface area (Å²) in [6.45, 7) is 0. The van der Waals surface area contributed by atoms with Gasteiger partial charge in [-0.25, -0.2) is 9.97 Å². The molecule has 1 N–H and O–H groups in total. The lowest BCUT2D eigenvalue weighted by atomic mass is 10.0. The highest BCUT2D eigenvalue weighted by Crippen LogP contribution is 2.30.